The molecular weight excluding hydrogens is 314 g/mol. The Kier molecular flexibility index (Phi) is 5.23. The number of hydrogen-bond acceptors (Lipinski definition) is 3. The fourth-order valence-corrected chi connectivity index (χ4v) is 2.75. The van der Waals surface area contributed by atoms with Crippen molar-refractivity contribution in [3.05, 3.63) is 65.4 Å². The number of para-hydroxylation sites is 1. The number of ether oxygens (including phenoxy) is 1. The Bertz CT molecular complexity index is 884. The lowest BCUT2D eigenvalue weighted by Crippen LogP contribution is -2.36. The minimum absolute atomic E-state index is 0.582. The highest BCUT2D eigenvalue weighted by Crippen LogP contribution is 2.24. The van der Waals surface area contributed by atoms with E-state index in [1.165, 1.54) is 0 Å². The minimum atomic E-state index is 0.582. The van der Waals surface area contributed by atoms with Gasteiger partial charge in [0.1, 0.15) is 17.1 Å². The summed E-state index contributed by atoms with van der Waals surface area (Å²) in [5, 5.41) is 7.75. The van der Waals surface area contributed by atoms with Crippen molar-refractivity contribution < 1.29 is 9.15 Å². The van der Waals surface area contributed by atoms with E-state index in [0.717, 1.165) is 39.6 Å². The molecule has 5 heteroatoms. The Morgan fingerprint density at radius 2 is 1.88 bits per heavy atom. The summed E-state index contributed by atoms with van der Waals surface area (Å²) in [7, 11) is 3.43. The van der Waals surface area contributed by atoms with Crippen molar-refractivity contribution in [3.63, 3.8) is 0 Å². The van der Waals surface area contributed by atoms with Gasteiger partial charge in [-0.15, -0.1) is 0 Å². The van der Waals surface area contributed by atoms with E-state index in [-0.39, 0.29) is 0 Å². The van der Waals surface area contributed by atoms with Gasteiger partial charge in [-0.3, -0.25) is 4.99 Å². The molecule has 3 rings (SSSR count). The fraction of sp³-hybridized carbons (Fsp3) is 0.250. The average molecular weight is 337 g/mol. The van der Waals surface area contributed by atoms with Crippen LogP contribution in [0.2, 0.25) is 0 Å². The summed E-state index contributed by atoms with van der Waals surface area (Å²) in [6.07, 6.45) is 0. The third kappa shape index (κ3) is 3.94. The minimum Gasteiger partial charge on any atom is -0.497 e. The van der Waals surface area contributed by atoms with E-state index >= 15 is 0 Å². The lowest BCUT2D eigenvalue weighted by molar-refractivity contribution is 0.414. The molecule has 5 nitrogen and oxygen atoms in total. The quantitative estimate of drug-likeness (QED) is 0.551. The number of nitrogens with zero attached hydrogens (tertiary/aromatic N) is 1. The standard InChI is InChI=1S/C20H23N3O2/c1-14-17-9-4-5-10-18(17)25-19(14)13-23-20(21-2)22-12-15-7-6-8-16(11-15)24-3/h4-11H,12-13H2,1-3H3,(H2,21,22,23). The molecular formula is C20H23N3O2. The van der Waals surface area contributed by atoms with Gasteiger partial charge in [0, 0.05) is 24.5 Å². The van der Waals surface area contributed by atoms with Crippen LogP contribution in [0.25, 0.3) is 11.0 Å². The van der Waals surface area contributed by atoms with Gasteiger partial charge in [0.25, 0.3) is 0 Å². The predicted molar refractivity (Wildman–Crippen MR) is 101 cm³/mol. The first-order valence-electron chi connectivity index (χ1n) is 8.25. The number of furan rings is 1. The topological polar surface area (TPSA) is 58.8 Å². The molecule has 0 aliphatic heterocycles. The predicted octanol–water partition coefficient (Wildman–Crippen LogP) is 3.62. The Hall–Kier alpha value is -2.95. The largest absolute Gasteiger partial charge is 0.497 e. The first-order valence-corrected chi connectivity index (χ1v) is 8.25. The summed E-state index contributed by atoms with van der Waals surface area (Å²) in [5.74, 6) is 2.49. The number of hydrogen-bond donors (Lipinski definition) is 2. The zero-order valence-electron chi connectivity index (χ0n) is 14.8. The number of aryl methyl sites for hydroxylation is 1. The number of methoxy groups -OCH3 is 1. The molecule has 0 saturated carbocycles. The number of fused-ring (bicyclic) bond motifs is 1. The van der Waals surface area contributed by atoms with Gasteiger partial charge in [0.05, 0.1) is 13.7 Å². The number of rotatable bonds is 5. The molecule has 0 fully saturated rings. The van der Waals surface area contributed by atoms with Crippen molar-refractivity contribution in [1.29, 1.82) is 0 Å². The van der Waals surface area contributed by atoms with E-state index in [0.29, 0.717) is 13.1 Å². The molecule has 25 heavy (non-hydrogen) atoms. The molecule has 0 spiro atoms. The number of aliphatic imine (C=N–C) groups is 1. The Morgan fingerprint density at radius 1 is 1.08 bits per heavy atom. The van der Waals surface area contributed by atoms with Crippen molar-refractivity contribution in [1.82, 2.24) is 10.6 Å². The zero-order valence-corrected chi connectivity index (χ0v) is 14.8. The number of nitrogens with one attached hydrogen (secondary N) is 2. The number of benzene rings is 2. The lowest BCUT2D eigenvalue weighted by Gasteiger charge is -2.12. The summed E-state index contributed by atoms with van der Waals surface area (Å²) >= 11 is 0. The van der Waals surface area contributed by atoms with E-state index in [4.69, 9.17) is 9.15 Å². The van der Waals surface area contributed by atoms with Crippen LogP contribution in [0.4, 0.5) is 0 Å². The Morgan fingerprint density at radius 3 is 2.64 bits per heavy atom. The maximum atomic E-state index is 5.92. The van der Waals surface area contributed by atoms with Gasteiger partial charge in [0.2, 0.25) is 0 Å². The lowest BCUT2D eigenvalue weighted by atomic mass is 10.1. The van der Waals surface area contributed by atoms with E-state index in [1.807, 2.05) is 42.5 Å². The van der Waals surface area contributed by atoms with Crippen LogP contribution in [0.1, 0.15) is 16.9 Å². The van der Waals surface area contributed by atoms with Crippen LogP contribution in [-0.4, -0.2) is 20.1 Å². The van der Waals surface area contributed by atoms with Gasteiger partial charge in [-0.25, -0.2) is 0 Å². The Labute approximate surface area is 147 Å². The highest BCUT2D eigenvalue weighted by Gasteiger charge is 2.10. The van der Waals surface area contributed by atoms with Gasteiger partial charge in [-0.2, -0.15) is 0 Å². The summed E-state index contributed by atoms with van der Waals surface area (Å²) in [6.45, 7) is 3.32. The average Bonchev–Trinajstić information content (AvgIpc) is 2.98. The molecule has 0 aliphatic rings. The molecule has 0 atom stereocenters. The SMILES string of the molecule is CN=C(NCc1cccc(OC)c1)NCc1oc2ccccc2c1C. The van der Waals surface area contributed by atoms with Gasteiger partial charge >= 0.3 is 0 Å². The second-order valence-electron chi connectivity index (χ2n) is 5.78. The molecule has 3 aromatic rings. The third-order valence-corrected chi connectivity index (χ3v) is 4.18. The van der Waals surface area contributed by atoms with Crippen LogP contribution in [0, 0.1) is 6.92 Å². The molecule has 2 N–H and O–H groups in total. The molecule has 0 aliphatic carbocycles. The van der Waals surface area contributed by atoms with Crippen molar-refractivity contribution in [2.75, 3.05) is 14.2 Å². The van der Waals surface area contributed by atoms with Crippen molar-refractivity contribution in [3.8, 4) is 5.75 Å². The van der Waals surface area contributed by atoms with Gasteiger partial charge < -0.3 is 19.8 Å². The van der Waals surface area contributed by atoms with Gasteiger partial charge in [-0.05, 0) is 30.7 Å². The number of guanidine groups is 1. The van der Waals surface area contributed by atoms with E-state index in [2.05, 4.69) is 28.6 Å². The zero-order chi connectivity index (χ0) is 17.6. The van der Waals surface area contributed by atoms with E-state index in [9.17, 15) is 0 Å². The van der Waals surface area contributed by atoms with Crippen molar-refractivity contribution >= 4 is 16.9 Å². The second kappa shape index (κ2) is 7.75. The van der Waals surface area contributed by atoms with Gasteiger partial charge in [-0.1, -0.05) is 30.3 Å². The molecule has 0 bridgehead atoms. The van der Waals surface area contributed by atoms with Crippen molar-refractivity contribution in [2.45, 2.75) is 20.0 Å². The molecule has 1 aromatic heterocycles. The summed E-state index contributed by atoms with van der Waals surface area (Å²) < 4.78 is 11.2. The molecule has 2 aromatic carbocycles. The maximum Gasteiger partial charge on any atom is 0.191 e. The summed E-state index contributed by atoms with van der Waals surface area (Å²) in [6, 6.07) is 16.0. The molecule has 0 amide bonds. The fourth-order valence-electron chi connectivity index (χ4n) is 2.75. The molecule has 0 saturated heterocycles. The van der Waals surface area contributed by atoms with E-state index < -0.39 is 0 Å². The highest BCUT2D eigenvalue weighted by molar-refractivity contribution is 5.82. The Balaban J connectivity index is 1.61. The smallest absolute Gasteiger partial charge is 0.191 e. The van der Waals surface area contributed by atoms with Gasteiger partial charge in [0.15, 0.2) is 5.96 Å². The first kappa shape index (κ1) is 16.9. The monoisotopic (exact) mass is 337 g/mol. The van der Waals surface area contributed by atoms with Crippen LogP contribution in [0.15, 0.2) is 57.9 Å². The summed E-state index contributed by atoms with van der Waals surface area (Å²) in [4.78, 5) is 4.27. The van der Waals surface area contributed by atoms with Crippen molar-refractivity contribution in [2.24, 2.45) is 4.99 Å². The molecule has 130 valence electrons. The summed E-state index contributed by atoms with van der Waals surface area (Å²) in [5.41, 5.74) is 3.20. The van der Waals surface area contributed by atoms with Crippen LogP contribution in [-0.2, 0) is 13.1 Å². The molecule has 1 heterocycles. The molecule has 0 unspecified atom stereocenters. The van der Waals surface area contributed by atoms with E-state index in [1.54, 1.807) is 14.2 Å². The third-order valence-electron chi connectivity index (χ3n) is 4.18. The van der Waals surface area contributed by atoms with Crippen LogP contribution < -0.4 is 15.4 Å². The second-order valence-corrected chi connectivity index (χ2v) is 5.78. The highest BCUT2D eigenvalue weighted by atomic mass is 16.5. The molecule has 0 radical (unpaired) electrons. The van der Waals surface area contributed by atoms with Crippen LogP contribution >= 0.6 is 0 Å². The van der Waals surface area contributed by atoms with Crippen LogP contribution in [0.5, 0.6) is 5.75 Å². The first-order chi connectivity index (χ1) is 12.2. The normalized spacial score (nSPS) is 11.6. The maximum absolute atomic E-state index is 5.92. The van der Waals surface area contributed by atoms with Crippen LogP contribution in [0.3, 0.4) is 0 Å².